The topological polar surface area (TPSA) is 83.5 Å². The van der Waals surface area contributed by atoms with Crippen molar-refractivity contribution in [2.75, 3.05) is 0 Å². The van der Waals surface area contributed by atoms with Gasteiger partial charge in [0.05, 0.1) is 6.10 Å². The SMILES string of the molecule is CC1(C)[C@@H]2CC[C@]1(C)[C@@H](O)C2.NC(=O)O. The van der Waals surface area contributed by atoms with Crippen LogP contribution in [0, 0.1) is 16.7 Å². The standard InChI is InChI=1S/C10H18O.CH3NO2/c1-9(2)7-4-5-10(9,3)8(11)6-7;2-1(3)4/h7-8,11H,4-6H2,1-3H3;2H2,(H,3,4)/t7-,8+,10-;/m1./s1. The van der Waals surface area contributed by atoms with Crippen LogP contribution in [-0.4, -0.2) is 22.4 Å². The molecule has 2 saturated carbocycles. The zero-order chi connectivity index (χ0) is 11.9. The lowest BCUT2D eigenvalue weighted by Gasteiger charge is -2.36. The van der Waals surface area contributed by atoms with Gasteiger partial charge >= 0.3 is 6.09 Å². The molecule has 2 aliphatic rings. The van der Waals surface area contributed by atoms with Gasteiger partial charge in [-0.3, -0.25) is 0 Å². The molecule has 0 unspecified atom stereocenters. The van der Waals surface area contributed by atoms with Crippen molar-refractivity contribution in [3.8, 4) is 0 Å². The van der Waals surface area contributed by atoms with Gasteiger partial charge in [0.1, 0.15) is 0 Å². The lowest BCUT2D eigenvalue weighted by Crippen LogP contribution is -2.35. The average Bonchev–Trinajstić information content (AvgIpc) is 2.36. The van der Waals surface area contributed by atoms with E-state index in [1.54, 1.807) is 0 Å². The number of fused-ring (bicyclic) bond motifs is 2. The molecule has 0 radical (unpaired) electrons. The summed E-state index contributed by atoms with van der Waals surface area (Å²) in [7, 11) is 0. The van der Waals surface area contributed by atoms with Crippen molar-refractivity contribution in [1.82, 2.24) is 0 Å². The molecule has 0 aromatic heterocycles. The van der Waals surface area contributed by atoms with Crippen LogP contribution in [0.15, 0.2) is 0 Å². The third-order valence-electron chi connectivity index (χ3n) is 4.75. The fourth-order valence-electron chi connectivity index (χ4n) is 3.16. The Kier molecular flexibility index (Phi) is 3.01. The van der Waals surface area contributed by atoms with Gasteiger partial charge in [0, 0.05) is 0 Å². The molecule has 2 rings (SSSR count). The summed E-state index contributed by atoms with van der Waals surface area (Å²) in [6.45, 7) is 6.90. The van der Waals surface area contributed by atoms with Crippen molar-refractivity contribution in [2.24, 2.45) is 22.5 Å². The van der Waals surface area contributed by atoms with Gasteiger partial charge in [0.25, 0.3) is 0 Å². The Balaban J connectivity index is 0.000000245. The van der Waals surface area contributed by atoms with Gasteiger partial charge < -0.3 is 15.9 Å². The second-order valence-corrected chi connectivity index (χ2v) is 5.46. The first-order valence-electron chi connectivity index (χ1n) is 5.38. The van der Waals surface area contributed by atoms with Gasteiger partial charge in [0.15, 0.2) is 0 Å². The van der Waals surface area contributed by atoms with E-state index in [0.717, 1.165) is 12.3 Å². The molecular formula is C11H21NO3. The van der Waals surface area contributed by atoms with Crippen molar-refractivity contribution >= 4 is 6.09 Å². The first-order valence-corrected chi connectivity index (χ1v) is 5.38. The number of rotatable bonds is 0. The van der Waals surface area contributed by atoms with E-state index >= 15 is 0 Å². The summed E-state index contributed by atoms with van der Waals surface area (Å²) in [5, 5.41) is 17.0. The van der Waals surface area contributed by atoms with Gasteiger partial charge in [-0.25, -0.2) is 4.79 Å². The van der Waals surface area contributed by atoms with Crippen molar-refractivity contribution in [3.63, 3.8) is 0 Å². The van der Waals surface area contributed by atoms with E-state index < -0.39 is 6.09 Å². The van der Waals surface area contributed by atoms with E-state index in [9.17, 15) is 5.11 Å². The van der Waals surface area contributed by atoms with Crippen LogP contribution in [0.3, 0.4) is 0 Å². The highest BCUT2D eigenvalue weighted by Crippen LogP contribution is 2.65. The molecule has 2 aliphatic carbocycles. The predicted octanol–water partition coefficient (Wildman–Crippen LogP) is 1.82. The lowest BCUT2D eigenvalue weighted by molar-refractivity contribution is 0.0126. The van der Waals surface area contributed by atoms with E-state index in [1.807, 2.05) is 0 Å². The van der Waals surface area contributed by atoms with Crippen LogP contribution in [0.25, 0.3) is 0 Å². The maximum absolute atomic E-state index is 9.81. The Hall–Kier alpha value is -0.770. The van der Waals surface area contributed by atoms with Crippen LogP contribution in [0.1, 0.15) is 40.0 Å². The number of nitrogens with two attached hydrogens (primary N) is 1. The number of carbonyl (C=O) groups is 1. The molecule has 4 heteroatoms. The number of primary amides is 1. The maximum atomic E-state index is 9.81. The normalized spacial score (nSPS) is 40.8. The van der Waals surface area contributed by atoms with Gasteiger partial charge in [-0.2, -0.15) is 0 Å². The molecule has 88 valence electrons. The zero-order valence-electron chi connectivity index (χ0n) is 9.66. The van der Waals surface area contributed by atoms with Gasteiger partial charge in [-0.15, -0.1) is 0 Å². The van der Waals surface area contributed by atoms with Crippen molar-refractivity contribution in [1.29, 1.82) is 0 Å². The molecule has 3 atom stereocenters. The average molecular weight is 215 g/mol. The Bertz CT molecular complexity index is 261. The van der Waals surface area contributed by atoms with Crippen LogP contribution >= 0.6 is 0 Å². The monoisotopic (exact) mass is 215 g/mol. The van der Waals surface area contributed by atoms with Crippen LogP contribution in [-0.2, 0) is 0 Å². The lowest BCUT2D eigenvalue weighted by atomic mass is 9.70. The highest BCUT2D eigenvalue weighted by Gasteiger charge is 2.60. The summed E-state index contributed by atoms with van der Waals surface area (Å²) in [4.78, 5) is 8.78. The third-order valence-corrected chi connectivity index (χ3v) is 4.75. The third kappa shape index (κ3) is 1.83. The van der Waals surface area contributed by atoms with Crippen LogP contribution in [0.5, 0.6) is 0 Å². The minimum atomic E-state index is -1.33. The number of carboxylic acid groups (broad SMARTS) is 1. The number of aliphatic hydroxyl groups is 1. The number of hydrogen-bond acceptors (Lipinski definition) is 2. The fourth-order valence-corrected chi connectivity index (χ4v) is 3.16. The van der Waals surface area contributed by atoms with Crippen LogP contribution < -0.4 is 5.73 Å². The molecule has 0 aliphatic heterocycles. The molecule has 1 amide bonds. The Morgan fingerprint density at radius 3 is 2.00 bits per heavy atom. The number of amides is 1. The summed E-state index contributed by atoms with van der Waals surface area (Å²) in [5.74, 6) is 0.780. The van der Waals surface area contributed by atoms with Crippen molar-refractivity contribution in [3.05, 3.63) is 0 Å². The van der Waals surface area contributed by atoms with Crippen molar-refractivity contribution in [2.45, 2.75) is 46.1 Å². The van der Waals surface area contributed by atoms with Crippen LogP contribution in [0.2, 0.25) is 0 Å². The second kappa shape index (κ2) is 3.67. The molecule has 0 aromatic rings. The second-order valence-electron chi connectivity index (χ2n) is 5.46. The van der Waals surface area contributed by atoms with Gasteiger partial charge in [0.2, 0.25) is 0 Å². The molecule has 4 nitrogen and oxygen atoms in total. The maximum Gasteiger partial charge on any atom is 0.402 e. The molecule has 0 spiro atoms. The highest BCUT2D eigenvalue weighted by molar-refractivity contribution is 5.61. The molecule has 0 saturated heterocycles. The number of hydrogen-bond donors (Lipinski definition) is 3. The van der Waals surface area contributed by atoms with E-state index in [0.29, 0.717) is 5.41 Å². The molecule has 0 aromatic carbocycles. The molecule has 2 fully saturated rings. The molecular weight excluding hydrogens is 194 g/mol. The molecule has 4 N–H and O–H groups in total. The fraction of sp³-hybridized carbons (Fsp3) is 0.909. The largest absolute Gasteiger partial charge is 0.465 e. The molecule has 15 heavy (non-hydrogen) atoms. The quantitative estimate of drug-likeness (QED) is 0.576. The van der Waals surface area contributed by atoms with E-state index in [-0.39, 0.29) is 11.5 Å². The van der Waals surface area contributed by atoms with Crippen LogP contribution in [0.4, 0.5) is 4.79 Å². The minimum Gasteiger partial charge on any atom is -0.465 e. The summed E-state index contributed by atoms with van der Waals surface area (Å²) < 4.78 is 0. The Labute approximate surface area is 90.5 Å². The summed E-state index contributed by atoms with van der Waals surface area (Å²) in [5.41, 5.74) is 4.63. The highest BCUT2D eigenvalue weighted by atomic mass is 16.4. The Morgan fingerprint density at radius 1 is 1.40 bits per heavy atom. The van der Waals surface area contributed by atoms with E-state index in [4.69, 9.17) is 9.90 Å². The molecule has 0 heterocycles. The van der Waals surface area contributed by atoms with Crippen molar-refractivity contribution < 1.29 is 15.0 Å². The van der Waals surface area contributed by atoms with E-state index in [1.165, 1.54) is 12.8 Å². The van der Waals surface area contributed by atoms with E-state index in [2.05, 4.69) is 26.5 Å². The van der Waals surface area contributed by atoms with Gasteiger partial charge in [-0.05, 0) is 36.0 Å². The zero-order valence-corrected chi connectivity index (χ0v) is 9.66. The smallest absolute Gasteiger partial charge is 0.402 e. The Morgan fingerprint density at radius 2 is 1.87 bits per heavy atom. The predicted molar refractivity (Wildman–Crippen MR) is 57.4 cm³/mol. The number of aliphatic hydroxyl groups excluding tert-OH is 1. The first-order chi connectivity index (χ1) is 6.72. The summed E-state index contributed by atoms with van der Waals surface area (Å²) >= 11 is 0. The minimum absolute atomic E-state index is 0.0313. The first kappa shape index (κ1) is 12.3. The summed E-state index contributed by atoms with van der Waals surface area (Å²) in [6.07, 6.45) is 2.24. The van der Waals surface area contributed by atoms with Gasteiger partial charge in [-0.1, -0.05) is 20.8 Å². The summed E-state index contributed by atoms with van der Waals surface area (Å²) in [6, 6.07) is 0. The molecule has 2 bridgehead atoms.